The number of nitro groups is 1. The van der Waals surface area contributed by atoms with Crippen LogP contribution in [0.5, 0.6) is 11.5 Å². The Morgan fingerprint density at radius 1 is 1.30 bits per heavy atom. The zero-order valence-electron chi connectivity index (χ0n) is 10.7. The summed E-state index contributed by atoms with van der Waals surface area (Å²) in [6, 6.07) is 9.30. The van der Waals surface area contributed by atoms with Crippen molar-refractivity contribution in [3.8, 4) is 11.5 Å². The first kappa shape index (κ1) is 14.3. The van der Waals surface area contributed by atoms with Crippen LogP contribution in [0.1, 0.15) is 11.1 Å². The Hall–Kier alpha value is -2.11. The van der Waals surface area contributed by atoms with E-state index in [9.17, 15) is 10.1 Å². The van der Waals surface area contributed by atoms with Gasteiger partial charge in [0, 0.05) is 11.1 Å². The molecular weight excluding hydrogens is 282 g/mol. The van der Waals surface area contributed by atoms with Gasteiger partial charge in [0.05, 0.1) is 11.5 Å². The van der Waals surface area contributed by atoms with Gasteiger partial charge in [0.2, 0.25) is 5.75 Å². The SMILES string of the molecule is Cc1cc(Oc2ccc(Cl)cc2[N+](=O)[O-])ccc1CO. The Kier molecular flexibility index (Phi) is 4.22. The number of ether oxygens (including phenoxy) is 1. The van der Waals surface area contributed by atoms with Gasteiger partial charge in [0.15, 0.2) is 0 Å². The highest BCUT2D eigenvalue weighted by molar-refractivity contribution is 6.30. The van der Waals surface area contributed by atoms with E-state index in [4.69, 9.17) is 21.4 Å². The van der Waals surface area contributed by atoms with Crippen LogP contribution < -0.4 is 4.74 Å². The minimum absolute atomic E-state index is 0.0623. The number of nitrogens with zero attached hydrogens (tertiary/aromatic N) is 1. The number of rotatable bonds is 4. The Bertz CT molecular complexity index is 658. The largest absolute Gasteiger partial charge is 0.450 e. The number of benzene rings is 2. The maximum absolute atomic E-state index is 11.0. The van der Waals surface area contributed by atoms with E-state index in [0.717, 1.165) is 11.1 Å². The highest BCUT2D eigenvalue weighted by atomic mass is 35.5. The van der Waals surface area contributed by atoms with E-state index in [1.54, 1.807) is 18.2 Å². The molecule has 0 aliphatic heterocycles. The first-order valence-corrected chi connectivity index (χ1v) is 6.21. The van der Waals surface area contributed by atoms with E-state index in [0.29, 0.717) is 5.75 Å². The van der Waals surface area contributed by atoms with Crippen molar-refractivity contribution in [1.29, 1.82) is 0 Å². The van der Waals surface area contributed by atoms with Crippen molar-refractivity contribution in [3.63, 3.8) is 0 Å². The van der Waals surface area contributed by atoms with Crippen molar-refractivity contribution in [2.24, 2.45) is 0 Å². The van der Waals surface area contributed by atoms with E-state index in [-0.39, 0.29) is 23.1 Å². The highest BCUT2D eigenvalue weighted by Gasteiger charge is 2.16. The lowest BCUT2D eigenvalue weighted by Crippen LogP contribution is -1.95. The van der Waals surface area contributed by atoms with E-state index >= 15 is 0 Å². The Morgan fingerprint density at radius 3 is 2.65 bits per heavy atom. The molecule has 5 nitrogen and oxygen atoms in total. The van der Waals surface area contributed by atoms with Gasteiger partial charge >= 0.3 is 5.69 Å². The first-order valence-electron chi connectivity index (χ1n) is 5.83. The highest BCUT2D eigenvalue weighted by Crippen LogP contribution is 2.34. The van der Waals surface area contributed by atoms with E-state index in [2.05, 4.69) is 0 Å². The van der Waals surface area contributed by atoms with E-state index < -0.39 is 4.92 Å². The molecule has 1 N–H and O–H groups in total. The molecule has 0 unspecified atom stereocenters. The van der Waals surface area contributed by atoms with Gasteiger partial charge in [-0.15, -0.1) is 0 Å². The number of hydrogen-bond donors (Lipinski definition) is 1. The fourth-order valence-corrected chi connectivity index (χ4v) is 1.92. The molecule has 0 saturated heterocycles. The van der Waals surface area contributed by atoms with Crippen LogP contribution in [-0.4, -0.2) is 10.0 Å². The zero-order chi connectivity index (χ0) is 14.7. The van der Waals surface area contributed by atoms with Gasteiger partial charge < -0.3 is 9.84 Å². The normalized spacial score (nSPS) is 10.3. The minimum atomic E-state index is -0.545. The first-order chi connectivity index (χ1) is 9.51. The molecule has 0 saturated carbocycles. The second-order valence-corrected chi connectivity index (χ2v) is 4.65. The molecule has 2 aromatic rings. The number of nitro benzene ring substituents is 1. The topological polar surface area (TPSA) is 72.6 Å². The van der Waals surface area contributed by atoms with Crippen molar-refractivity contribution in [1.82, 2.24) is 0 Å². The molecule has 104 valence electrons. The number of halogens is 1. The van der Waals surface area contributed by atoms with Crippen molar-refractivity contribution >= 4 is 17.3 Å². The van der Waals surface area contributed by atoms with Gasteiger partial charge in [-0.05, 0) is 42.3 Å². The summed E-state index contributed by atoms with van der Waals surface area (Å²) >= 11 is 5.74. The minimum Gasteiger partial charge on any atom is -0.450 e. The maximum Gasteiger partial charge on any atom is 0.313 e. The standard InChI is InChI=1S/C14H12ClNO4/c1-9-6-12(4-2-10(9)8-17)20-14-5-3-11(15)7-13(14)16(18)19/h2-7,17H,8H2,1H3. The lowest BCUT2D eigenvalue weighted by molar-refractivity contribution is -0.385. The third-order valence-corrected chi connectivity index (χ3v) is 3.06. The molecule has 0 aromatic heterocycles. The number of aliphatic hydroxyl groups is 1. The van der Waals surface area contributed by atoms with Crippen molar-refractivity contribution in [2.45, 2.75) is 13.5 Å². The van der Waals surface area contributed by atoms with Gasteiger partial charge in [0.25, 0.3) is 0 Å². The molecule has 0 aliphatic carbocycles. The molecule has 0 heterocycles. The van der Waals surface area contributed by atoms with E-state index in [1.165, 1.54) is 18.2 Å². The predicted octanol–water partition coefficient (Wildman–Crippen LogP) is 3.84. The summed E-state index contributed by atoms with van der Waals surface area (Å²) in [5.74, 6) is 0.584. The second kappa shape index (κ2) is 5.90. The number of aliphatic hydroxyl groups excluding tert-OH is 1. The van der Waals surface area contributed by atoms with Crippen molar-refractivity contribution in [2.75, 3.05) is 0 Å². The Morgan fingerprint density at radius 2 is 2.05 bits per heavy atom. The molecule has 0 aliphatic rings. The quantitative estimate of drug-likeness (QED) is 0.686. The average Bonchev–Trinajstić information content (AvgIpc) is 2.41. The van der Waals surface area contributed by atoms with Crippen molar-refractivity contribution in [3.05, 3.63) is 62.7 Å². The summed E-state index contributed by atoms with van der Waals surface area (Å²) in [7, 11) is 0. The number of hydrogen-bond acceptors (Lipinski definition) is 4. The van der Waals surface area contributed by atoms with Crippen LogP contribution in [0.25, 0.3) is 0 Å². The van der Waals surface area contributed by atoms with Gasteiger partial charge in [-0.2, -0.15) is 0 Å². The number of aryl methyl sites for hydroxylation is 1. The zero-order valence-corrected chi connectivity index (χ0v) is 11.4. The van der Waals surface area contributed by atoms with Crippen molar-refractivity contribution < 1.29 is 14.8 Å². The van der Waals surface area contributed by atoms with Crippen LogP contribution in [0.4, 0.5) is 5.69 Å². The summed E-state index contributed by atoms with van der Waals surface area (Å²) in [4.78, 5) is 10.4. The molecule has 20 heavy (non-hydrogen) atoms. The van der Waals surface area contributed by atoms with Crippen LogP contribution in [0.15, 0.2) is 36.4 Å². The van der Waals surface area contributed by atoms with Gasteiger partial charge in [-0.3, -0.25) is 10.1 Å². The summed E-state index contributed by atoms with van der Waals surface area (Å²) in [6.07, 6.45) is 0. The average molecular weight is 294 g/mol. The fourth-order valence-electron chi connectivity index (χ4n) is 1.76. The van der Waals surface area contributed by atoms with Crippen LogP contribution >= 0.6 is 11.6 Å². The lowest BCUT2D eigenvalue weighted by Gasteiger charge is -2.09. The summed E-state index contributed by atoms with van der Waals surface area (Å²) in [5.41, 5.74) is 1.44. The second-order valence-electron chi connectivity index (χ2n) is 4.22. The van der Waals surface area contributed by atoms with Crippen LogP contribution in [0.3, 0.4) is 0 Å². The molecule has 0 amide bonds. The monoisotopic (exact) mass is 293 g/mol. The molecule has 2 rings (SSSR count). The third kappa shape index (κ3) is 3.07. The smallest absolute Gasteiger partial charge is 0.313 e. The van der Waals surface area contributed by atoms with Crippen LogP contribution in [0.2, 0.25) is 5.02 Å². The summed E-state index contributed by atoms with van der Waals surface area (Å²) < 4.78 is 5.52. The molecule has 0 fully saturated rings. The molecule has 6 heteroatoms. The van der Waals surface area contributed by atoms with E-state index in [1.807, 2.05) is 6.92 Å². The van der Waals surface area contributed by atoms with Crippen LogP contribution in [-0.2, 0) is 6.61 Å². The van der Waals surface area contributed by atoms with Gasteiger partial charge in [-0.1, -0.05) is 17.7 Å². The lowest BCUT2D eigenvalue weighted by atomic mass is 10.1. The predicted molar refractivity (Wildman–Crippen MR) is 75.3 cm³/mol. The molecule has 2 aromatic carbocycles. The summed E-state index contributed by atoms with van der Waals surface area (Å²) in [6.45, 7) is 1.77. The Balaban J connectivity index is 2.35. The molecule has 0 atom stereocenters. The van der Waals surface area contributed by atoms with Crippen LogP contribution in [0, 0.1) is 17.0 Å². The Labute approximate surface area is 120 Å². The molecule has 0 bridgehead atoms. The molecule has 0 radical (unpaired) electrons. The van der Waals surface area contributed by atoms with Gasteiger partial charge in [-0.25, -0.2) is 0 Å². The fraction of sp³-hybridized carbons (Fsp3) is 0.143. The third-order valence-electron chi connectivity index (χ3n) is 2.83. The maximum atomic E-state index is 11.0. The summed E-state index contributed by atoms with van der Waals surface area (Å²) in [5, 5.41) is 20.3. The molecule has 0 spiro atoms. The molecular formula is C14H12ClNO4. The van der Waals surface area contributed by atoms with Gasteiger partial charge in [0.1, 0.15) is 5.75 Å².